The van der Waals surface area contributed by atoms with Gasteiger partial charge in [-0.1, -0.05) is 34.4 Å². The fourth-order valence-corrected chi connectivity index (χ4v) is 2.24. The summed E-state index contributed by atoms with van der Waals surface area (Å²) in [6.07, 6.45) is 1.06. The van der Waals surface area contributed by atoms with E-state index in [0.717, 1.165) is 12.1 Å². The van der Waals surface area contributed by atoms with Gasteiger partial charge in [0.25, 0.3) is 0 Å². The van der Waals surface area contributed by atoms with Crippen LogP contribution in [0.2, 0.25) is 10.0 Å². The molecule has 0 spiro atoms. The number of benzene rings is 2. The summed E-state index contributed by atoms with van der Waals surface area (Å²) in [6.45, 7) is 0.0449. The third-order valence-electron chi connectivity index (χ3n) is 2.90. The van der Waals surface area contributed by atoms with E-state index in [1.807, 2.05) is 0 Å². The molecule has 0 fully saturated rings. The van der Waals surface area contributed by atoms with Crippen molar-refractivity contribution in [2.24, 2.45) is 5.16 Å². The Kier molecular flexibility index (Phi) is 6.52. The average Bonchev–Trinajstić information content (AvgIpc) is 2.52. The minimum Gasteiger partial charge on any atom is -0.391 e. The van der Waals surface area contributed by atoms with Crippen LogP contribution in [0.25, 0.3) is 0 Å². The van der Waals surface area contributed by atoms with Crippen LogP contribution < -0.4 is 5.32 Å². The van der Waals surface area contributed by atoms with Crippen molar-refractivity contribution in [3.05, 3.63) is 63.6 Å². The number of nitrogens with zero attached hydrogens (tertiary/aromatic N) is 1. The van der Waals surface area contributed by atoms with Crippen LogP contribution in [0.1, 0.15) is 12.0 Å². The van der Waals surface area contributed by atoms with Gasteiger partial charge in [0.1, 0.15) is 18.2 Å². The maximum atomic E-state index is 13.4. The standard InChI is InChI=1S/C16H12Cl2F2N2O2/c17-12-2-1-3-13(18)11(12)9-24-21-7-6-16(23)22-15-5-4-10(19)8-14(15)20/h1-5,7-8H,6,9H2,(H,22,23)/b21-7+. The highest BCUT2D eigenvalue weighted by Gasteiger charge is 2.07. The fraction of sp³-hybridized carbons (Fsp3) is 0.125. The first kappa shape index (κ1) is 18.2. The molecule has 0 aliphatic heterocycles. The second-order valence-corrected chi connectivity index (χ2v) is 5.45. The van der Waals surface area contributed by atoms with Crippen LogP contribution in [0.5, 0.6) is 0 Å². The maximum Gasteiger partial charge on any atom is 0.229 e. The van der Waals surface area contributed by atoms with E-state index in [1.165, 1.54) is 6.21 Å². The summed E-state index contributed by atoms with van der Waals surface area (Å²) in [5.74, 6) is -2.10. The zero-order valence-electron chi connectivity index (χ0n) is 12.2. The van der Waals surface area contributed by atoms with Gasteiger partial charge in [-0.3, -0.25) is 4.79 Å². The van der Waals surface area contributed by atoms with Crippen molar-refractivity contribution in [1.29, 1.82) is 0 Å². The van der Waals surface area contributed by atoms with E-state index < -0.39 is 17.5 Å². The Labute approximate surface area is 147 Å². The smallest absolute Gasteiger partial charge is 0.229 e. The molecule has 4 nitrogen and oxygen atoms in total. The van der Waals surface area contributed by atoms with Crippen molar-refractivity contribution in [3.8, 4) is 0 Å². The van der Waals surface area contributed by atoms with Crippen molar-refractivity contribution in [1.82, 2.24) is 0 Å². The lowest BCUT2D eigenvalue weighted by molar-refractivity contribution is -0.115. The first-order valence-corrected chi connectivity index (χ1v) is 7.54. The second-order valence-electron chi connectivity index (χ2n) is 4.64. The van der Waals surface area contributed by atoms with Crippen LogP contribution in [0.3, 0.4) is 0 Å². The zero-order valence-corrected chi connectivity index (χ0v) is 13.7. The number of nitrogens with one attached hydrogen (secondary N) is 1. The van der Waals surface area contributed by atoms with E-state index in [-0.39, 0.29) is 18.7 Å². The molecule has 0 saturated carbocycles. The highest BCUT2D eigenvalue weighted by molar-refractivity contribution is 6.35. The lowest BCUT2D eigenvalue weighted by Crippen LogP contribution is -2.13. The maximum absolute atomic E-state index is 13.4. The summed E-state index contributed by atoms with van der Waals surface area (Å²) in [5, 5.41) is 6.80. The van der Waals surface area contributed by atoms with Gasteiger partial charge in [-0.2, -0.15) is 0 Å². The number of halogens is 4. The van der Waals surface area contributed by atoms with E-state index >= 15 is 0 Å². The minimum atomic E-state index is -0.857. The minimum absolute atomic E-state index is 0.0449. The predicted octanol–water partition coefficient (Wildman–Crippen LogP) is 4.80. The number of rotatable bonds is 6. The molecular formula is C16H12Cl2F2N2O2. The molecule has 1 N–H and O–H groups in total. The van der Waals surface area contributed by atoms with Gasteiger partial charge in [0.15, 0.2) is 0 Å². The van der Waals surface area contributed by atoms with E-state index in [1.54, 1.807) is 18.2 Å². The molecule has 0 unspecified atom stereocenters. The van der Waals surface area contributed by atoms with Crippen LogP contribution >= 0.6 is 23.2 Å². The third-order valence-corrected chi connectivity index (χ3v) is 3.61. The van der Waals surface area contributed by atoms with Gasteiger partial charge in [-0.05, 0) is 24.3 Å². The Morgan fingerprint density at radius 3 is 2.58 bits per heavy atom. The van der Waals surface area contributed by atoms with Gasteiger partial charge < -0.3 is 10.2 Å². The molecule has 2 aromatic rings. The van der Waals surface area contributed by atoms with Gasteiger partial charge in [0.05, 0.1) is 18.3 Å². The molecule has 0 atom stereocenters. The topological polar surface area (TPSA) is 50.7 Å². The normalized spacial score (nSPS) is 10.8. The molecule has 8 heteroatoms. The van der Waals surface area contributed by atoms with Crippen molar-refractivity contribution < 1.29 is 18.4 Å². The van der Waals surface area contributed by atoms with E-state index in [0.29, 0.717) is 21.7 Å². The monoisotopic (exact) mass is 372 g/mol. The number of hydrogen-bond donors (Lipinski definition) is 1. The summed E-state index contributed by atoms with van der Waals surface area (Å²) in [6, 6.07) is 7.90. The second kappa shape index (κ2) is 8.61. The third kappa shape index (κ3) is 5.18. The number of oxime groups is 1. The number of carbonyl (C=O) groups excluding carboxylic acids is 1. The summed E-state index contributed by atoms with van der Waals surface area (Å²) >= 11 is 11.9. The molecule has 1 amide bonds. The Morgan fingerprint density at radius 2 is 1.92 bits per heavy atom. The molecule has 0 aromatic heterocycles. The first-order valence-electron chi connectivity index (χ1n) is 6.79. The molecule has 126 valence electrons. The van der Waals surface area contributed by atoms with E-state index in [4.69, 9.17) is 28.0 Å². The number of carbonyl (C=O) groups is 1. The Morgan fingerprint density at radius 1 is 1.21 bits per heavy atom. The van der Waals surface area contributed by atoms with Crippen molar-refractivity contribution in [2.45, 2.75) is 13.0 Å². The molecule has 2 aromatic carbocycles. The highest BCUT2D eigenvalue weighted by atomic mass is 35.5. The average molecular weight is 373 g/mol. The lowest BCUT2D eigenvalue weighted by atomic mass is 10.2. The van der Waals surface area contributed by atoms with Crippen molar-refractivity contribution in [3.63, 3.8) is 0 Å². The lowest BCUT2D eigenvalue weighted by Gasteiger charge is -2.05. The number of anilines is 1. The molecule has 0 aliphatic carbocycles. The Balaban J connectivity index is 1.80. The van der Waals surface area contributed by atoms with Crippen molar-refractivity contribution in [2.75, 3.05) is 5.32 Å². The molecule has 0 heterocycles. The van der Waals surface area contributed by atoms with Gasteiger partial charge in [0.2, 0.25) is 5.91 Å². The quantitative estimate of drug-likeness (QED) is 0.584. The number of amides is 1. The van der Waals surface area contributed by atoms with Crippen LogP contribution in [0.15, 0.2) is 41.6 Å². The van der Waals surface area contributed by atoms with Crippen LogP contribution in [-0.2, 0) is 16.2 Å². The molecule has 2 rings (SSSR count). The zero-order chi connectivity index (χ0) is 17.5. The highest BCUT2D eigenvalue weighted by Crippen LogP contribution is 2.24. The predicted molar refractivity (Wildman–Crippen MR) is 89.3 cm³/mol. The Bertz CT molecular complexity index is 749. The van der Waals surface area contributed by atoms with Gasteiger partial charge >= 0.3 is 0 Å². The summed E-state index contributed by atoms with van der Waals surface area (Å²) < 4.78 is 26.1. The molecule has 0 saturated heterocycles. The van der Waals surface area contributed by atoms with Gasteiger partial charge in [-0.25, -0.2) is 8.78 Å². The first-order chi connectivity index (χ1) is 11.5. The van der Waals surface area contributed by atoms with Crippen LogP contribution in [-0.4, -0.2) is 12.1 Å². The fourth-order valence-electron chi connectivity index (χ4n) is 1.74. The molecule has 0 aliphatic rings. The summed E-state index contributed by atoms with van der Waals surface area (Å²) in [7, 11) is 0. The molecule has 0 radical (unpaired) electrons. The SMILES string of the molecule is O=C(C/C=N/OCc1c(Cl)cccc1Cl)Nc1ccc(F)cc1F. The van der Waals surface area contributed by atoms with Gasteiger partial charge in [-0.15, -0.1) is 0 Å². The molecular weight excluding hydrogens is 361 g/mol. The summed E-state index contributed by atoms with van der Waals surface area (Å²) in [4.78, 5) is 16.6. The van der Waals surface area contributed by atoms with Crippen LogP contribution in [0, 0.1) is 11.6 Å². The van der Waals surface area contributed by atoms with E-state index in [9.17, 15) is 13.6 Å². The number of hydrogen-bond acceptors (Lipinski definition) is 3. The molecule has 0 bridgehead atoms. The van der Waals surface area contributed by atoms with Gasteiger partial charge in [0, 0.05) is 21.7 Å². The molecule has 24 heavy (non-hydrogen) atoms. The largest absolute Gasteiger partial charge is 0.391 e. The van der Waals surface area contributed by atoms with Crippen molar-refractivity contribution >= 4 is 41.0 Å². The van der Waals surface area contributed by atoms with Crippen LogP contribution in [0.4, 0.5) is 14.5 Å². The summed E-state index contributed by atoms with van der Waals surface area (Å²) in [5.41, 5.74) is 0.467. The van der Waals surface area contributed by atoms with E-state index in [2.05, 4.69) is 10.5 Å². The Hall–Kier alpha value is -2.18.